The van der Waals surface area contributed by atoms with Gasteiger partial charge in [0.05, 0.1) is 11.1 Å². The van der Waals surface area contributed by atoms with Gasteiger partial charge in [0.15, 0.2) is 0 Å². The van der Waals surface area contributed by atoms with Gasteiger partial charge in [-0.1, -0.05) is 0 Å². The molecule has 0 spiro atoms. The van der Waals surface area contributed by atoms with Crippen molar-refractivity contribution in [1.29, 1.82) is 0 Å². The maximum Gasteiger partial charge on any atom is 0.417 e. The molecule has 0 radical (unpaired) electrons. The summed E-state index contributed by atoms with van der Waals surface area (Å²) in [4.78, 5) is 32.9. The van der Waals surface area contributed by atoms with Crippen LogP contribution in [0, 0.1) is 0 Å². The summed E-state index contributed by atoms with van der Waals surface area (Å²) in [5, 5.41) is 2.37. The van der Waals surface area contributed by atoms with Gasteiger partial charge in [0.1, 0.15) is 11.5 Å². The standard InChI is InChI=1S/C19H18F5N5O2/c20-18(21)3-1-6-29(7-4-18)16-13(8-11(10-27-16)19(22,23)24)17(31)28-12-2-5-26-14(9-12)15(25)30/h2,5,8-10H,1,3-4,6-7H2,(H2,25,30)(H,26,28,31). The number of pyridine rings is 2. The van der Waals surface area contributed by atoms with Gasteiger partial charge in [0.25, 0.3) is 11.8 Å². The zero-order chi connectivity index (χ0) is 22.8. The summed E-state index contributed by atoms with van der Waals surface area (Å²) < 4.78 is 67.0. The number of nitrogens with zero attached hydrogens (tertiary/aromatic N) is 3. The van der Waals surface area contributed by atoms with Gasteiger partial charge in [-0.2, -0.15) is 13.2 Å². The smallest absolute Gasteiger partial charge is 0.364 e. The highest BCUT2D eigenvalue weighted by Gasteiger charge is 2.35. The van der Waals surface area contributed by atoms with E-state index in [1.807, 2.05) is 0 Å². The highest BCUT2D eigenvalue weighted by Crippen LogP contribution is 2.34. The van der Waals surface area contributed by atoms with Crippen LogP contribution in [-0.2, 0) is 6.18 Å². The summed E-state index contributed by atoms with van der Waals surface area (Å²) in [6.07, 6.45) is -3.79. The molecule has 166 valence electrons. The van der Waals surface area contributed by atoms with Crippen molar-refractivity contribution in [2.45, 2.75) is 31.4 Å². The van der Waals surface area contributed by atoms with Gasteiger partial charge < -0.3 is 16.0 Å². The molecule has 1 aliphatic heterocycles. The molecule has 3 heterocycles. The Bertz CT molecular complexity index is 996. The number of halogens is 5. The van der Waals surface area contributed by atoms with Crippen molar-refractivity contribution >= 4 is 23.3 Å². The number of primary amides is 1. The molecule has 12 heteroatoms. The molecular formula is C19H18F5N5O2. The Hall–Kier alpha value is -3.31. The molecule has 7 nitrogen and oxygen atoms in total. The molecule has 2 aromatic rings. The minimum Gasteiger partial charge on any atom is -0.364 e. The number of hydrogen-bond donors (Lipinski definition) is 2. The summed E-state index contributed by atoms with van der Waals surface area (Å²) >= 11 is 0. The highest BCUT2D eigenvalue weighted by atomic mass is 19.4. The molecule has 0 unspecified atom stereocenters. The number of carbonyl (C=O) groups excluding carboxylic acids is 2. The third-order valence-corrected chi connectivity index (χ3v) is 4.73. The van der Waals surface area contributed by atoms with Crippen LogP contribution in [0.4, 0.5) is 33.5 Å². The molecule has 2 aromatic heterocycles. The van der Waals surface area contributed by atoms with E-state index in [9.17, 15) is 31.5 Å². The van der Waals surface area contributed by atoms with E-state index in [1.165, 1.54) is 17.2 Å². The second-order valence-electron chi connectivity index (χ2n) is 7.04. The molecule has 3 rings (SSSR count). The second kappa shape index (κ2) is 8.44. The van der Waals surface area contributed by atoms with Gasteiger partial charge in [-0.15, -0.1) is 0 Å². The first-order valence-corrected chi connectivity index (χ1v) is 9.23. The maximum absolute atomic E-state index is 13.7. The fourth-order valence-electron chi connectivity index (χ4n) is 3.15. The molecular weight excluding hydrogens is 425 g/mol. The van der Waals surface area contributed by atoms with Crippen LogP contribution < -0.4 is 16.0 Å². The molecule has 0 atom stereocenters. The highest BCUT2D eigenvalue weighted by molar-refractivity contribution is 6.08. The van der Waals surface area contributed by atoms with E-state index in [0.717, 1.165) is 6.07 Å². The van der Waals surface area contributed by atoms with Crippen molar-refractivity contribution in [2.75, 3.05) is 23.3 Å². The van der Waals surface area contributed by atoms with Crippen molar-refractivity contribution in [3.05, 3.63) is 47.4 Å². The van der Waals surface area contributed by atoms with E-state index in [-0.39, 0.29) is 43.1 Å². The van der Waals surface area contributed by atoms with Crippen LogP contribution in [0.15, 0.2) is 30.6 Å². The van der Waals surface area contributed by atoms with Gasteiger partial charge in [-0.3, -0.25) is 14.6 Å². The normalized spacial score (nSPS) is 16.5. The number of nitrogens with two attached hydrogens (primary N) is 1. The molecule has 1 fully saturated rings. The van der Waals surface area contributed by atoms with Gasteiger partial charge in [-0.25, -0.2) is 13.8 Å². The fraction of sp³-hybridized carbons (Fsp3) is 0.368. The van der Waals surface area contributed by atoms with Crippen LogP contribution in [0.1, 0.15) is 45.7 Å². The third-order valence-electron chi connectivity index (χ3n) is 4.73. The van der Waals surface area contributed by atoms with Crippen molar-refractivity contribution in [1.82, 2.24) is 9.97 Å². The van der Waals surface area contributed by atoms with E-state index in [0.29, 0.717) is 12.3 Å². The van der Waals surface area contributed by atoms with Crippen molar-refractivity contribution in [3.8, 4) is 0 Å². The zero-order valence-corrected chi connectivity index (χ0v) is 16.0. The number of aromatic nitrogens is 2. The summed E-state index contributed by atoms with van der Waals surface area (Å²) in [7, 11) is 0. The van der Waals surface area contributed by atoms with Crippen LogP contribution in [0.25, 0.3) is 0 Å². The predicted octanol–water partition coefficient (Wildman–Crippen LogP) is 3.47. The number of carbonyl (C=O) groups is 2. The Morgan fingerprint density at radius 2 is 1.87 bits per heavy atom. The van der Waals surface area contributed by atoms with Crippen molar-refractivity contribution < 1.29 is 31.5 Å². The number of hydrogen-bond acceptors (Lipinski definition) is 5. The minimum atomic E-state index is -4.76. The van der Waals surface area contributed by atoms with Gasteiger partial charge in [0.2, 0.25) is 5.92 Å². The van der Waals surface area contributed by atoms with Crippen LogP contribution in [0.5, 0.6) is 0 Å². The molecule has 0 bridgehead atoms. The molecule has 0 saturated carbocycles. The Morgan fingerprint density at radius 3 is 2.55 bits per heavy atom. The SMILES string of the molecule is NC(=O)c1cc(NC(=O)c2cc(C(F)(F)F)cnc2N2CCCC(F)(F)CC2)ccn1. The second-order valence-corrected chi connectivity index (χ2v) is 7.04. The largest absolute Gasteiger partial charge is 0.417 e. The van der Waals surface area contributed by atoms with Gasteiger partial charge >= 0.3 is 6.18 Å². The summed E-state index contributed by atoms with van der Waals surface area (Å²) in [5.41, 5.74) is 3.45. The first-order chi connectivity index (χ1) is 14.5. The summed E-state index contributed by atoms with van der Waals surface area (Å²) in [5.74, 6) is -4.84. The number of anilines is 2. The van der Waals surface area contributed by atoms with Crippen molar-refractivity contribution in [2.24, 2.45) is 5.73 Å². The Labute approximate surface area is 173 Å². The van der Waals surface area contributed by atoms with E-state index in [4.69, 9.17) is 5.73 Å². The lowest BCUT2D eigenvalue weighted by Gasteiger charge is -2.24. The number of nitrogens with one attached hydrogen (secondary N) is 1. The Kier molecular flexibility index (Phi) is 6.09. The van der Waals surface area contributed by atoms with Crippen LogP contribution in [0.3, 0.4) is 0 Å². The predicted molar refractivity (Wildman–Crippen MR) is 101 cm³/mol. The number of alkyl halides is 5. The lowest BCUT2D eigenvalue weighted by Crippen LogP contribution is -2.30. The topological polar surface area (TPSA) is 101 Å². The quantitative estimate of drug-likeness (QED) is 0.705. The van der Waals surface area contributed by atoms with Crippen molar-refractivity contribution in [3.63, 3.8) is 0 Å². The zero-order valence-electron chi connectivity index (χ0n) is 16.0. The Morgan fingerprint density at radius 1 is 1.13 bits per heavy atom. The van der Waals surface area contributed by atoms with E-state index in [1.54, 1.807) is 0 Å². The molecule has 1 aliphatic rings. The van der Waals surface area contributed by atoms with Crippen LogP contribution >= 0.6 is 0 Å². The fourth-order valence-corrected chi connectivity index (χ4v) is 3.15. The van der Waals surface area contributed by atoms with E-state index in [2.05, 4.69) is 15.3 Å². The van der Waals surface area contributed by atoms with Crippen LogP contribution in [0.2, 0.25) is 0 Å². The summed E-state index contributed by atoms with van der Waals surface area (Å²) in [6, 6.07) is 3.10. The summed E-state index contributed by atoms with van der Waals surface area (Å²) in [6.45, 7) is -0.0674. The first kappa shape index (κ1) is 22.4. The molecule has 0 aromatic carbocycles. The molecule has 1 saturated heterocycles. The Balaban J connectivity index is 1.96. The third kappa shape index (κ3) is 5.44. The van der Waals surface area contributed by atoms with E-state index < -0.39 is 41.5 Å². The lowest BCUT2D eigenvalue weighted by molar-refractivity contribution is -0.137. The average molecular weight is 443 g/mol. The first-order valence-electron chi connectivity index (χ1n) is 9.23. The van der Waals surface area contributed by atoms with Gasteiger partial charge in [0, 0.05) is 44.0 Å². The monoisotopic (exact) mass is 443 g/mol. The lowest BCUT2D eigenvalue weighted by atomic mass is 10.1. The maximum atomic E-state index is 13.7. The number of rotatable bonds is 4. The molecule has 0 aliphatic carbocycles. The minimum absolute atomic E-state index is 0.0690. The molecule has 31 heavy (non-hydrogen) atoms. The van der Waals surface area contributed by atoms with Crippen LogP contribution in [-0.4, -0.2) is 40.8 Å². The van der Waals surface area contributed by atoms with Gasteiger partial charge in [-0.05, 0) is 24.6 Å². The number of amides is 2. The molecule has 2 amide bonds. The molecule has 3 N–H and O–H groups in total. The average Bonchev–Trinajstić information content (AvgIpc) is 2.87. The van der Waals surface area contributed by atoms with E-state index >= 15 is 0 Å².